The Morgan fingerprint density at radius 3 is 2.09 bits per heavy atom. The Bertz CT molecular complexity index is 81.0. The van der Waals surface area contributed by atoms with Gasteiger partial charge in [0.15, 0.2) is 6.61 Å². The lowest BCUT2D eigenvalue weighted by molar-refractivity contribution is -0.243. The molecular weight excluding hydrogens is 152 g/mol. The summed E-state index contributed by atoms with van der Waals surface area (Å²) in [7, 11) is 0. The van der Waals surface area contributed by atoms with Crippen LogP contribution in [0.15, 0.2) is 0 Å². The predicted molar refractivity (Wildman–Crippen MR) is 38.2 cm³/mol. The van der Waals surface area contributed by atoms with Crippen LogP contribution in [0.4, 0.5) is 0 Å². The molecule has 0 aromatic carbocycles. The zero-order valence-electron chi connectivity index (χ0n) is 6.49. The molecule has 5 heteroatoms. The highest BCUT2D eigenvalue weighted by molar-refractivity contribution is 5.67. The molecule has 0 rings (SSSR count). The molecule has 0 unspecified atom stereocenters. The van der Waals surface area contributed by atoms with Gasteiger partial charge in [-0.1, -0.05) is 13.3 Å². The number of aliphatic hydroxyl groups is 1. The van der Waals surface area contributed by atoms with E-state index >= 15 is 0 Å². The summed E-state index contributed by atoms with van der Waals surface area (Å²) in [6.07, 6.45) is 2.04. The van der Waals surface area contributed by atoms with Gasteiger partial charge in [-0.3, -0.25) is 5.26 Å². The van der Waals surface area contributed by atoms with E-state index in [0.29, 0.717) is 6.61 Å². The van der Waals surface area contributed by atoms with Gasteiger partial charge >= 0.3 is 5.97 Å². The van der Waals surface area contributed by atoms with Gasteiger partial charge < -0.3 is 10.2 Å². The Labute approximate surface area is 65.2 Å². The first-order valence-electron chi connectivity index (χ1n) is 3.28. The molecule has 0 bridgehead atoms. The van der Waals surface area contributed by atoms with Gasteiger partial charge in [0.2, 0.25) is 0 Å². The lowest BCUT2D eigenvalue weighted by atomic mass is 10.4. The zero-order chi connectivity index (χ0) is 9.11. The maximum Gasteiger partial charge on any atom is 0.333 e. The highest BCUT2D eigenvalue weighted by atomic mass is 17.1. The number of carbonyl (C=O) groups is 1. The molecule has 68 valence electrons. The summed E-state index contributed by atoms with van der Waals surface area (Å²) < 4.78 is 0. The van der Waals surface area contributed by atoms with Crippen molar-refractivity contribution in [3.63, 3.8) is 0 Å². The molecule has 5 nitrogen and oxygen atoms in total. The van der Waals surface area contributed by atoms with Crippen LogP contribution in [0.1, 0.15) is 19.8 Å². The molecule has 3 N–H and O–H groups in total. The maximum atomic E-state index is 9.31. The minimum atomic E-state index is -1.18. The van der Waals surface area contributed by atoms with Gasteiger partial charge in [0.1, 0.15) is 0 Å². The number of hydrogen-bond donors (Lipinski definition) is 3. The van der Waals surface area contributed by atoms with E-state index in [1.54, 1.807) is 0 Å². The van der Waals surface area contributed by atoms with Gasteiger partial charge in [0, 0.05) is 6.61 Å². The quantitative estimate of drug-likeness (QED) is 0.414. The molecule has 0 aromatic rings. The summed E-state index contributed by atoms with van der Waals surface area (Å²) in [6.45, 7) is 1.74. The Morgan fingerprint density at radius 2 is 2.09 bits per heavy atom. The number of aliphatic hydroxyl groups excluding tert-OH is 1. The Kier molecular flexibility index (Phi) is 14.2. The summed E-state index contributed by atoms with van der Waals surface area (Å²) in [5.41, 5.74) is 0. The summed E-state index contributed by atoms with van der Waals surface area (Å²) >= 11 is 0. The number of carboxylic acids is 1. The van der Waals surface area contributed by atoms with Crippen LogP contribution in [0.3, 0.4) is 0 Å². The Balaban J connectivity index is 0. The first-order valence-corrected chi connectivity index (χ1v) is 3.28. The smallest absolute Gasteiger partial charge is 0.333 e. The number of rotatable bonds is 4. The normalized spacial score (nSPS) is 8.27. The van der Waals surface area contributed by atoms with Crippen molar-refractivity contribution in [1.29, 1.82) is 0 Å². The second-order valence-corrected chi connectivity index (χ2v) is 1.74. The van der Waals surface area contributed by atoms with Crippen LogP contribution >= 0.6 is 0 Å². The van der Waals surface area contributed by atoms with E-state index in [1.807, 2.05) is 0 Å². The molecule has 0 radical (unpaired) electrons. The van der Waals surface area contributed by atoms with Crippen LogP contribution in [0.5, 0.6) is 0 Å². The van der Waals surface area contributed by atoms with Crippen molar-refractivity contribution in [1.82, 2.24) is 0 Å². The highest BCUT2D eigenvalue weighted by Crippen LogP contribution is 1.78. The van der Waals surface area contributed by atoms with Crippen molar-refractivity contribution >= 4 is 5.97 Å². The minimum absolute atomic E-state index is 0.344. The third-order valence-electron chi connectivity index (χ3n) is 0.700. The maximum absolute atomic E-state index is 9.31. The molecule has 0 heterocycles. The third-order valence-corrected chi connectivity index (χ3v) is 0.700. The number of aliphatic carboxylic acids is 1. The average Bonchev–Trinajstić information content (AvgIpc) is 1.90. The second kappa shape index (κ2) is 12.1. The van der Waals surface area contributed by atoms with Crippen molar-refractivity contribution in [2.45, 2.75) is 19.8 Å². The lowest BCUT2D eigenvalue weighted by Gasteiger charge is -1.81. The van der Waals surface area contributed by atoms with Crippen molar-refractivity contribution in [2.75, 3.05) is 13.2 Å². The molecule has 0 saturated heterocycles. The fourth-order valence-electron chi connectivity index (χ4n) is 0.213. The molecule has 0 aliphatic carbocycles. The fraction of sp³-hybridized carbons (Fsp3) is 0.833. The van der Waals surface area contributed by atoms with E-state index in [2.05, 4.69) is 11.8 Å². The van der Waals surface area contributed by atoms with E-state index in [-0.39, 0.29) is 0 Å². The highest BCUT2D eigenvalue weighted by Gasteiger charge is 1.89. The van der Waals surface area contributed by atoms with Crippen LogP contribution in [0.2, 0.25) is 0 Å². The fourth-order valence-corrected chi connectivity index (χ4v) is 0.213. The monoisotopic (exact) mass is 166 g/mol. The molecule has 0 aliphatic heterocycles. The van der Waals surface area contributed by atoms with E-state index < -0.39 is 12.6 Å². The molecule has 0 aliphatic rings. The van der Waals surface area contributed by atoms with E-state index in [4.69, 9.17) is 15.5 Å². The molecule has 0 aromatic heterocycles. The largest absolute Gasteiger partial charge is 0.479 e. The molecule has 0 saturated carbocycles. The first kappa shape index (κ1) is 13.0. The van der Waals surface area contributed by atoms with E-state index in [0.717, 1.165) is 12.8 Å². The zero-order valence-corrected chi connectivity index (χ0v) is 6.49. The van der Waals surface area contributed by atoms with Gasteiger partial charge in [-0.05, 0) is 6.42 Å². The number of carboxylic acid groups (broad SMARTS) is 1. The van der Waals surface area contributed by atoms with Gasteiger partial charge in [-0.15, -0.1) is 0 Å². The van der Waals surface area contributed by atoms with Crippen LogP contribution in [0.25, 0.3) is 0 Å². The molecular formula is C6H14O5. The first-order chi connectivity index (χ1) is 5.18. The average molecular weight is 166 g/mol. The Hall–Kier alpha value is -0.650. The van der Waals surface area contributed by atoms with Crippen molar-refractivity contribution in [2.24, 2.45) is 0 Å². The van der Waals surface area contributed by atoms with Gasteiger partial charge in [-0.25, -0.2) is 9.68 Å². The van der Waals surface area contributed by atoms with Gasteiger partial charge in [-0.2, -0.15) is 0 Å². The van der Waals surface area contributed by atoms with Crippen LogP contribution < -0.4 is 0 Å². The number of hydrogen-bond acceptors (Lipinski definition) is 4. The van der Waals surface area contributed by atoms with Crippen LogP contribution in [-0.2, 0) is 9.68 Å². The lowest BCUT2D eigenvalue weighted by Crippen LogP contribution is -2.03. The Morgan fingerprint density at radius 1 is 1.55 bits per heavy atom. The van der Waals surface area contributed by atoms with E-state index in [9.17, 15) is 4.79 Å². The summed E-state index contributed by atoms with van der Waals surface area (Å²) in [4.78, 5) is 12.5. The second-order valence-electron chi connectivity index (χ2n) is 1.74. The van der Waals surface area contributed by atoms with Crippen molar-refractivity contribution in [3.8, 4) is 0 Å². The molecule has 11 heavy (non-hydrogen) atoms. The molecule has 0 amide bonds. The molecule has 0 spiro atoms. The van der Waals surface area contributed by atoms with Gasteiger partial charge in [0.05, 0.1) is 0 Å². The van der Waals surface area contributed by atoms with Crippen LogP contribution in [0, 0.1) is 0 Å². The number of unbranched alkanes of at least 4 members (excludes halogenated alkanes) is 1. The molecule has 0 fully saturated rings. The van der Waals surface area contributed by atoms with E-state index in [1.165, 1.54) is 0 Å². The van der Waals surface area contributed by atoms with Gasteiger partial charge in [0.25, 0.3) is 0 Å². The summed E-state index contributed by atoms with van der Waals surface area (Å²) in [5, 5.41) is 23.1. The predicted octanol–water partition coefficient (Wildman–Crippen LogP) is 0.339. The minimum Gasteiger partial charge on any atom is -0.479 e. The molecule has 0 atom stereocenters. The third kappa shape index (κ3) is 26.7. The topological polar surface area (TPSA) is 87.0 Å². The SMILES string of the molecule is CCCCO.O=C(O)COO. The summed E-state index contributed by atoms with van der Waals surface area (Å²) in [6, 6.07) is 0. The summed E-state index contributed by atoms with van der Waals surface area (Å²) in [5.74, 6) is -1.18. The van der Waals surface area contributed by atoms with Crippen molar-refractivity contribution < 1.29 is 25.2 Å². The van der Waals surface area contributed by atoms with Crippen molar-refractivity contribution in [3.05, 3.63) is 0 Å². The standard InChI is InChI=1S/C4H10O.C2H4O4/c1-2-3-4-5;3-2(4)1-6-5/h5H,2-4H2,1H3;5H,1H2,(H,3,4). The van der Waals surface area contributed by atoms with Crippen LogP contribution in [-0.4, -0.2) is 34.7 Å².